The maximum atomic E-state index is 12.9. The molecule has 8 heteroatoms. The first-order valence-electron chi connectivity index (χ1n) is 14.3. The minimum Gasteiger partial charge on any atom is -0.504 e. The summed E-state index contributed by atoms with van der Waals surface area (Å²) in [6.45, 7) is 10.4. The summed E-state index contributed by atoms with van der Waals surface area (Å²) in [5.74, 6) is 1.47. The van der Waals surface area contributed by atoms with Crippen LogP contribution in [0, 0.1) is 5.92 Å². The van der Waals surface area contributed by atoms with Gasteiger partial charge in [-0.05, 0) is 90.3 Å². The first kappa shape index (κ1) is 22.4. The molecule has 2 N–H and O–H groups in total. The normalized spacial score (nSPS) is 49.8. The Hall–Kier alpha value is -1.42. The number of phenols is 1. The third-order valence-corrected chi connectivity index (χ3v) is 11.4. The van der Waals surface area contributed by atoms with Crippen LogP contribution in [0.2, 0.25) is 0 Å². The van der Waals surface area contributed by atoms with Crippen LogP contribution in [-0.2, 0) is 26.0 Å². The summed E-state index contributed by atoms with van der Waals surface area (Å²) < 4.78 is 27.3. The number of rotatable bonds is 2. The molecule has 6 fully saturated rings. The highest BCUT2D eigenvalue weighted by atomic mass is 16.7. The van der Waals surface area contributed by atoms with Crippen LogP contribution >= 0.6 is 0 Å². The van der Waals surface area contributed by atoms with E-state index in [9.17, 15) is 10.2 Å². The van der Waals surface area contributed by atoms with Crippen molar-refractivity contribution in [3.63, 3.8) is 0 Å². The topological polar surface area (TPSA) is 83.9 Å². The number of hydrogen-bond donors (Lipinski definition) is 2. The van der Waals surface area contributed by atoms with Gasteiger partial charge in [0.05, 0.1) is 11.0 Å². The molecule has 2 spiro atoms. The molecular weight excluding hydrogens is 472 g/mol. The first-order valence-corrected chi connectivity index (χ1v) is 14.3. The first-order chi connectivity index (χ1) is 17.5. The largest absolute Gasteiger partial charge is 0.504 e. The third-order valence-electron chi connectivity index (χ3n) is 11.4. The lowest BCUT2D eigenvalue weighted by atomic mass is 9.46. The summed E-state index contributed by atoms with van der Waals surface area (Å²) in [6, 6.07) is 3.88. The van der Waals surface area contributed by atoms with Gasteiger partial charge in [-0.15, -0.1) is 0 Å². The monoisotopic (exact) mass is 510 g/mol. The highest BCUT2D eigenvalue weighted by Gasteiger charge is 2.83. The lowest BCUT2D eigenvalue weighted by Crippen LogP contribution is -2.80. The number of benzene rings is 1. The standard InChI is InChI=1S/C29H38N2O6/c1-25(2)22-31-23(26(3,4)35-22)37-28(24(31)36-25)9-10-29(33)18-13-16-7-8-17(32)20-19(16)27(29,21(28)34-20)11-12-30(18)14-15-5-6-15/h7-8,15,18,21-24,32-33H,5-6,9-14H2,1-4H3/t18-,21-,22-,23-,24-,27+,28+,29-/m1/s1. The number of aliphatic hydroxyl groups is 1. The molecule has 5 heterocycles. The van der Waals surface area contributed by atoms with E-state index in [0.717, 1.165) is 37.4 Å². The molecule has 1 aromatic carbocycles. The molecule has 8 atom stereocenters. The van der Waals surface area contributed by atoms with E-state index >= 15 is 0 Å². The zero-order valence-electron chi connectivity index (χ0n) is 22.2. The predicted octanol–water partition coefficient (Wildman–Crippen LogP) is 2.62. The van der Waals surface area contributed by atoms with E-state index in [2.05, 4.69) is 43.6 Å². The second-order valence-electron chi connectivity index (χ2n) is 14.3. The lowest BCUT2D eigenvalue weighted by molar-refractivity contribution is -0.267. The van der Waals surface area contributed by atoms with Crippen molar-refractivity contribution in [3.8, 4) is 11.5 Å². The van der Waals surface area contributed by atoms with Crippen molar-refractivity contribution in [1.82, 2.24) is 9.80 Å². The fourth-order valence-corrected chi connectivity index (χ4v) is 9.75. The number of aromatic hydroxyl groups is 1. The molecule has 0 amide bonds. The smallest absolute Gasteiger partial charge is 0.165 e. The lowest BCUT2D eigenvalue weighted by Gasteiger charge is -2.66. The predicted molar refractivity (Wildman–Crippen MR) is 132 cm³/mol. The third kappa shape index (κ3) is 2.33. The fraction of sp³-hybridized carbons (Fsp3) is 0.793. The minimum atomic E-state index is -0.946. The number of likely N-dealkylation sites (tertiary alicyclic amines) is 1. The second kappa shape index (κ2) is 6.31. The van der Waals surface area contributed by atoms with E-state index in [1.165, 1.54) is 18.4 Å². The van der Waals surface area contributed by atoms with Gasteiger partial charge in [0.2, 0.25) is 0 Å². The van der Waals surface area contributed by atoms with Crippen LogP contribution < -0.4 is 4.74 Å². The Morgan fingerprint density at radius 2 is 1.68 bits per heavy atom. The molecule has 8 nitrogen and oxygen atoms in total. The summed E-state index contributed by atoms with van der Waals surface area (Å²) >= 11 is 0. The molecule has 200 valence electrons. The Morgan fingerprint density at radius 1 is 0.946 bits per heavy atom. The van der Waals surface area contributed by atoms with Crippen molar-refractivity contribution in [2.75, 3.05) is 13.1 Å². The van der Waals surface area contributed by atoms with Crippen LogP contribution in [0.1, 0.15) is 70.9 Å². The number of phenolic OH excluding ortho intramolecular Hbond substituents is 1. The molecule has 4 saturated heterocycles. The van der Waals surface area contributed by atoms with Crippen LogP contribution in [0.3, 0.4) is 0 Å². The maximum Gasteiger partial charge on any atom is 0.165 e. The van der Waals surface area contributed by atoms with Crippen LogP contribution in [0.15, 0.2) is 12.1 Å². The Labute approximate surface area is 217 Å². The van der Waals surface area contributed by atoms with E-state index in [1.807, 2.05) is 0 Å². The van der Waals surface area contributed by atoms with Gasteiger partial charge in [-0.3, -0.25) is 4.90 Å². The molecule has 0 unspecified atom stereocenters. The van der Waals surface area contributed by atoms with Crippen molar-refractivity contribution in [2.45, 2.75) is 125 Å². The average molecular weight is 511 g/mol. The molecule has 8 aliphatic rings. The molecule has 3 aliphatic carbocycles. The van der Waals surface area contributed by atoms with Crippen molar-refractivity contribution in [3.05, 3.63) is 23.3 Å². The molecule has 5 aliphatic heterocycles. The highest BCUT2D eigenvalue weighted by Crippen LogP contribution is 2.70. The average Bonchev–Trinajstić information content (AvgIpc) is 3.29. The van der Waals surface area contributed by atoms with Gasteiger partial charge in [0.1, 0.15) is 41.6 Å². The van der Waals surface area contributed by atoms with Gasteiger partial charge in [0.25, 0.3) is 0 Å². The zero-order valence-corrected chi connectivity index (χ0v) is 22.2. The summed E-state index contributed by atoms with van der Waals surface area (Å²) in [5.41, 5.74) is -1.13. The van der Waals surface area contributed by atoms with Gasteiger partial charge in [-0.25, -0.2) is 4.90 Å². The molecular formula is C29H38N2O6. The van der Waals surface area contributed by atoms with Crippen molar-refractivity contribution in [2.24, 2.45) is 5.92 Å². The molecule has 37 heavy (non-hydrogen) atoms. The number of hydrogen-bond acceptors (Lipinski definition) is 8. The molecule has 2 saturated carbocycles. The van der Waals surface area contributed by atoms with Gasteiger partial charge >= 0.3 is 0 Å². The fourth-order valence-electron chi connectivity index (χ4n) is 9.75. The number of ether oxygens (including phenoxy) is 4. The van der Waals surface area contributed by atoms with E-state index in [4.69, 9.17) is 18.9 Å². The summed E-state index contributed by atoms with van der Waals surface area (Å²) in [4.78, 5) is 4.86. The second-order valence-corrected chi connectivity index (χ2v) is 14.3. The van der Waals surface area contributed by atoms with Gasteiger partial charge in [0, 0.05) is 18.2 Å². The van der Waals surface area contributed by atoms with Crippen molar-refractivity contribution >= 4 is 0 Å². The van der Waals surface area contributed by atoms with E-state index in [-0.39, 0.29) is 30.5 Å². The summed E-state index contributed by atoms with van der Waals surface area (Å²) in [7, 11) is 0. The zero-order chi connectivity index (χ0) is 25.3. The van der Waals surface area contributed by atoms with Gasteiger partial charge < -0.3 is 29.2 Å². The number of nitrogens with zero attached hydrogens (tertiary/aromatic N) is 2. The van der Waals surface area contributed by atoms with Crippen LogP contribution in [0.5, 0.6) is 11.5 Å². The van der Waals surface area contributed by atoms with Crippen molar-refractivity contribution < 1.29 is 29.2 Å². The number of piperidine rings is 1. The Kier molecular flexibility index (Phi) is 3.82. The highest BCUT2D eigenvalue weighted by molar-refractivity contribution is 5.63. The van der Waals surface area contributed by atoms with Gasteiger partial charge in [-0.2, -0.15) is 0 Å². The molecule has 9 rings (SSSR count). The Morgan fingerprint density at radius 3 is 2.43 bits per heavy atom. The van der Waals surface area contributed by atoms with E-state index < -0.39 is 33.9 Å². The molecule has 0 radical (unpaired) electrons. The molecule has 0 aromatic heterocycles. The van der Waals surface area contributed by atoms with E-state index in [0.29, 0.717) is 18.6 Å². The van der Waals surface area contributed by atoms with Gasteiger partial charge in [-0.1, -0.05) is 6.07 Å². The Bertz CT molecular complexity index is 1230. The van der Waals surface area contributed by atoms with E-state index in [1.54, 1.807) is 6.07 Å². The Balaban J connectivity index is 1.23. The number of fused-ring (bicyclic) bond motifs is 2. The summed E-state index contributed by atoms with van der Waals surface area (Å²) in [5, 5.41) is 23.9. The van der Waals surface area contributed by atoms with Crippen LogP contribution in [0.25, 0.3) is 0 Å². The van der Waals surface area contributed by atoms with Crippen LogP contribution in [0.4, 0.5) is 0 Å². The minimum absolute atomic E-state index is 0.0444. The van der Waals surface area contributed by atoms with Gasteiger partial charge in [0.15, 0.2) is 11.5 Å². The maximum absolute atomic E-state index is 12.9. The summed E-state index contributed by atoms with van der Waals surface area (Å²) in [6.07, 6.45) is 4.19. The molecule has 1 aromatic rings. The quantitative estimate of drug-likeness (QED) is 0.629. The van der Waals surface area contributed by atoms with Crippen LogP contribution in [-0.4, -0.2) is 86.3 Å². The van der Waals surface area contributed by atoms with Crippen molar-refractivity contribution in [1.29, 1.82) is 0 Å². The SMILES string of the molecule is CC1(C)O[C@H]2N3[C@@H]1O[C@]1(CC[C@@]4(O)[C@H]5Cc6ccc(O)c7c6[C@@]4(CCN5CC4CC4)[C@H]1O7)[C@H]3OC2(C)C. The molecule has 2 bridgehead atoms.